The lowest BCUT2D eigenvalue weighted by molar-refractivity contribution is 1.37. The van der Waals surface area contributed by atoms with Gasteiger partial charge in [0.25, 0.3) is 0 Å². The van der Waals surface area contributed by atoms with Crippen molar-refractivity contribution in [3.8, 4) is 0 Å². The number of rotatable bonds is 1. The molecule has 1 heterocycles. The minimum atomic E-state index is 0.405. The molecule has 0 spiro atoms. The Kier molecular flexibility index (Phi) is 2.84. The highest BCUT2D eigenvalue weighted by Crippen LogP contribution is 2.32. The van der Waals surface area contributed by atoms with E-state index in [1.54, 1.807) is 24.6 Å². The van der Waals surface area contributed by atoms with Gasteiger partial charge in [-0.25, -0.2) is 15.0 Å². The number of hydrogen-bond acceptors (Lipinski definition) is 1. The van der Waals surface area contributed by atoms with Gasteiger partial charge in [-0.1, -0.05) is 23.2 Å². The molecule has 0 aromatic heterocycles. The van der Waals surface area contributed by atoms with E-state index in [9.17, 15) is 0 Å². The lowest BCUT2D eigenvalue weighted by Gasteiger charge is -2.03. The highest BCUT2D eigenvalue weighted by Gasteiger charge is 2.07. The van der Waals surface area contributed by atoms with Gasteiger partial charge in [-0.3, -0.25) is 0 Å². The smallest absolute Gasteiger partial charge is 0.218 e. The molecule has 1 aliphatic rings. The molecule has 0 saturated carbocycles. The van der Waals surface area contributed by atoms with Crippen molar-refractivity contribution in [2.24, 2.45) is 15.0 Å². The average molecular weight is 240 g/mol. The number of guanidine groups is 1. The second kappa shape index (κ2) is 4.13. The van der Waals surface area contributed by atoms with Crippen molar-refractivity contribution in [1.82, 2.24) is 0 Å². The molecule has 0 aliphatic carbocycles. The van der Waals surface area contributed by atoms with E-state index in [1.807, 2.05) is 6.92 Å². The first-order valence-corrected chi connectivity index (χ1v) is 5.03. The summed E-state index contributed by atoms with van der Waals surface area (Å²) in [5.74, 6) is 0.405. The van der Waals surface area contributed by atoms with Gasteiger partial charge in [0.2, 0.25) is 5.96 Å². The van der Waals surface area contributed by atoms with Crippen LogP contribution in [-0.4, -0.2) is 18.4 Å². The molecule has 0 unspecified atom stereocenters. The first-order valence-electron chi connectivity index (χ1n) is 4.28. The average Bonchev–Trinajstić information content (AvgIpc) is 2.63. The van der Waals surface area contributed by atoms with Crippen LogP contribution < -0.4 is 0 Å². The van der Waals surface area contributed by atoms with E-state index in [1.165, 1.54) is 0 Å². The molecule has 0 fully saturated rings. The molecular weight excluding hydrogens is 233 g/mol. The number of aliphatic imine (C=N–C) groups is 3. The van der Waals surface area contributed by atoms with Gasteiger partial charge in [0, 0.05) is 17.5 Å². The minimum absolute atomic E-state index is 0.405. The Morgan fingerprint density at radius 1 is 1.13 bits per heavy atom. The third-order valence-corrected chi connectivity index (χ3v) is 2.38. The van der Waals surface area contributed by atoms with Crippen LogP contribution >= 0.6 is 23.2 Å². The van der Waals surface area contributed by atoms with Crippen molar-refractivity contribution in [2.45, 2.75) is 6.92 Å². The fourth-order valence-electron chi connectivity index (χ4n) is 1.23. The molecule has 2 rings (SSSR count). The van der Waals surface area contributed by atoms with Crippen molar-refractivity contribution in [3.63, 3.8) is 0 Å². The monoisotopic (exact) mass is 239 g/mol. The highest BCUT2D eigenvalue weighted by atomic mass is 35.5. The molecule has 1 aliphatic heterocycles. The minimum Gasteiger partial charge on any atom is -0.218 e. The van der Waals surface area contributed by atoms with Crippen molar-refractivity contribution in [1.29, 1.82) is 0 Å². The fourth-order valence-corrected chi connectivity index (χ4v) is 1.86. The maximum atomic E-state index is 6.02. The van der Waals surface area contributed by atoms with E-state index >= 15 is 0 Å². The molecule has 5 heteroatoms. The lowest BCUT2D eigenvalue weighted by Crippen LogP contribution is -1.85. The molecule has 3 nitrogen and oxygen atoms in total. The van der Waals surface area contributed by atoms with Crippen molar-refractivity contribution < 1.29 is 0 Å². The fraction of sp³-hybridized carbons (Fsp3) is 0.100. The van der Waals surface area contributed by atoms with Gasteiger partial charge >= 0.3 is 0 Å². The first kappa shape index (κ1) is 10.3. The van der Waals surface area contributed by atoms with E-state index in [4.69, 9.17) is 23.2 Å². The van der Waals surface area contributed by atoms with Crippen LogP contribution in [-0.2, 0) is 0 Å². The summed E-state index contributed by atoms with van der Waals surface area (Å²) >= 11 is 11.9. The predicted molar refractivity (Wildman–Crippen MR) is 65.3 cm³/mol. The third-order valence-electron chi connectivity index (χ3n) is 1.88. The summed E-state index contributed by atoms with van der Waals surface area (Å²) in [5.41, 5.74) is 1.56. The Morgan fingerprint density at radius 3 is 2.40 bits per heavy atom. The predicted octanol–water partition coefficient (Wildman–Crippen LogP) is 3.44. The Hall–Kier alpha value is -1.19. The highest BCUT2D eigenvalue weighted by molar-refractivity contribution is 6.36. The third kappa shape index (κ3) is 2.25. The van der Waals surface area contributed by atoms with Crippen LogP contribution in [0.4, 0.5) is 5.69 Å². The van der Waals surface area contributed by atoms with Gasteiger partial charge in [0.15, 0.2) is 0 Å². The summed E-state index contributed by atoms with van der Waals surface area (Å²) in [6.07, 6.45) is 3.16. The summed E-state index contributed by atoms with van der Waals surface area (Å²) < 4.78 is 0. The van der Waals surface area contributed by atoms with Crippen LogP contribution in [0.2, 0.25) is 10.0 Å². The maximum absolute atomic E-state index is 6.02. The van der Waals surface area contributed by atoms with E-state index in [0.29, 0.717) is 21.7 Å². The van der Waals surface area contributed by atoms with Crippen LogP contribution in [0.1, 0.15) is 5.56 Å². The molecule has 0 bridgehead atoms. The Bertz CT molecular complexity index is 452. The van der Waals surface area contributed by atoms with Crippen LogP contribution in [0, 0.1) is 6.92 Å². The van der Waals surface area contributed by atoms with Crippen molar-refractivity contribution in [3.05, 3.63) is 27.7 Å². The van der Waals surface area contributed by atoms with Gasteiger partial charge in [0.05, 0.1) is 10.7 Å². The molecule has 1 aromatic carbocycles. The quantitative estimate of drug-likeness (QED) is 0.721. The van der Waals surface area contributed by atoms with E-state index in [2.05, 4.69) is 15.0 Å². The Labute approximate surface area is 97.2 Å². The standard InChI is InChI=1S/C10H7Cl2N3/c1-6-4-7(11)5-8(12)9(6)15-10-13-2-3-14-10/h2-5H,1H3. The normalized spacial score (nSPS) is 13.7. The maximum Gasteiger partial charge on any atom is 0.249 e. The number of hydrogen-bond donors (Lipinski definition) is 0. The zero-order valence-electron chi connectivity index (χ0n) is 7.91. The molecule has 0 atom stereocenters. The number of halogens is 2. The second-order valence-electron chi connectivity index (χ2n) is 3.02. The van der Waals surface area contributed by atoms with Gasteiger partial charge in [-0.2, -0.15) is 0 Å². The van der Waals surface area contributed by atoms with E-state index < -0.39 is 0 Å². The SMILES string of the molecule is Cc1cc(Cl)cc(Cl)c1N=C1N=CC=N1. The van der Waals surface area contributed by atoms with E-state index in [-0.39, 0.29) is 0 Å². The number of aryl methyl sites for hydroxylation is 1. The molecule has 0 radical (unpaired) electrons. The molecule has 0 amide bonds. The largest absolute Gasteiger partial charge is 0.249 e. The Morgan fingerprint density at radius 2 is 1.80 bits per heavy atom. The summed E-state index contributed by atoms with van der Waals surface area (Å²) in [6.45, 7) is 1.89. The van der Waals surface area contributed by atoms with Crippen LogP contribution in [0.5, 0.6) is 0 Å². The lowest BCUT2D eigenvalue weighted by atomic mass is 10.2. The Balaban J connectivity index is 2.49. The van der Waals surface area contributed by atoms with Gasteiger partial charge in [0.1, 0.15) is 0 Å². The van der Waals surface area contributed by atoms with Gasteiger partial charge < -0.3 is 0 Å². The summed E-state index contributed by atoms with van der Waals surface area (Å²) in [4.78, 5) is 12.1. The summed E-state index contributed by atoms with van der Waals surface area (Å²) in [6, 6.07) is 3.45. The molecular formula is C10H7Cl2N3. The van der Waals surface area contributed by atoms with Crippen LogP contribution in [0.3, 0.4) is 0 Å². The molecule has 0 N–H and O–H groups in total. The molecule has 0 saturated heterocycles. The second-order valence-corrected chi connectivity index (χ2v) is 3.86. The number of benzene rings is 1. The van der Waals surface area contributed by atoms with Gasteiger partial charge in [-0.15, -0.1) is 0 Å². The molecule has 1 aromatic rings. The topological polar surface area (TPSA) is 37.1 Å². The number of nitrogens with zero attached hydrogens (tertiary/aromatic N) is 3. The van der Waals surface area contributed by atoms with Crippen molar-refractivity contribution in [2.75, 3.05) is 0 Å². The van der Waals surface area contributed by atoms with Gasteiger partial charge in [-0.05, 0) is 24.6 Å². The molecule has 15 heavy (non-hydrogen) atoms. The van der Waals surface area contributed by atoms with Crippen molar-refractivity contribution >= 4 is 47.3 Å². The molecule has 76 valence electrons. The summed E-state index contributed by atoms with van der Waals surface area (Å²) in [5, 5.41) is 1.10. The van der Waals surface area contributed by atoms with Crippen LogP contribution in [0.15, 0.2) is 27.1 Å². The first-order chi connectivity index (χ1) is 7.16. The summed E-state index contributed by atoms with van der Waals surface area (Å²) in [7, 11) is 0. The zero-order valence-corrected chi connectivity index (χ0v) is 9.42. The zero-order chi connectivity index (χ0) is 10.8. The van der Waals surface area contributed by atoms with E-state index in [0.717, 1.165) is 5.56 Å². The van der Waals surface area contributed by atoms with Crippen LogP contribution in [0.25, 0.3) is 0 Å².